The van der Waals surface area contributed by atoms with Gasteiger partial charge in [-0.05, 0) is 31.5 Å². The van der Waals surface area contributed by atoms with Gasteiger partial charge < -0.3 is 14.6 Å². The quantitative estimate of drug-likeness (QED) is 0.561. The third-order valence-corrected chi connectivity index (χ3v) is 5.94. The molecule has 3 aromatic rings. The Morgan fingerprint density at radius 2 is 1.80 bits per heavy atom. The van der Waals surface area contributed by atoms with Crippen LogP contribution >= 0.6 is 0 Å². The van der Waals surface area contributed by atoms with Crippen molar-refractivity contribution in [1.82, 2.24) is 30.5 Å². The van der Waals surface area contributed by atoms with Crippen LogP contribution in [0.15, 0.2) is 54.7 Å². The number of nitrogens with one attached hydrogen (secondary N) is 3. The van der Waals surface area contributed by atoms with E-state index in [2.05, 4.69) is 35.0 Å². The minimum Gasteiger partial charge on any atom is -0.336 e. The summed E-state index contributed by atoms with van der Waals surface area (Å²) in [6, 6.07) is 16.7. The lowest BCUT2D eigenvalue weighted by atomic mass is 9.97. The molecule has 1 aliphatic heterocycles. The fourth-order valence-corrected chi connectivity index (χ4v) is 4.12. The largest absolute Gasteiger partial charge is 0.336 e. The molecule has 1 aromatic carbocycles. The number of imidazole rings is 1. The van der Waals surface area contributed by atoms with Gasteiger partial charge in [-0.1, -0.05) is 36.4 Å². The maximum Gasteiger partial charge on any atom is 0.274 e. The van der Waals surface area contributed by atoms with Gasteiger partial charge in [-0.25, -0.2) is 4.98 Å². The highest BCUT2D eigenvalue weighted by atomic mass is 16.2. The van der Waals surface area contributed by atoms with Gasteiger partial charge in [-0.3, -0.25) is 15.6 Å². The molecule has 0 bridgehead atoms. The Labute approximate surface area is 177 Å². The summed E-state index contributed by atoms with van der Waals surface area (Å²) in [5.41, 5.74) is 9.88. The van der Waals surface area contributed by atoms with Gasteiger partial charge in [-0.2, -0.15) is 0 Å². The zero-order valence-corrected chi connectivity index (χ0v) is 17.8. The molecule has 0 spiro atoms. The zero-order chi connectivity index (χ0) is 21.1. The number of amides is 1. The number of benzene rings is 1. The average molecular weight is 407 g/mol. The van der Waals surface area contributed by atoms with Crippen LogP contribution in [-0.4, -0.2) is 45.9 Å². The van der Waals surface area contributed by atoms with E-state index in [1.54, 1.807) is 4.90 Å². The second-order valence-electron chi connectivity index (χ2n) is 8.14. The highest BCUT2D eigenvalue weighted by Gasteiger charge is 2.29. The molecule has 7 nitrogen and oxygen atoms in total. The molecular formula is C23H30N6O. The van der Waals surface area contributed by atoms with E-state index < -0.39 is 0 Å². The highest BCUT2D eigenvalue weighted by Crippen LogP contribution is 2.17. The van der Waals surface area contributed by atoms with E-state index in [1.807, 2.05) is 66.2 Å². The van der Waals surface area contributed by atoms with Crippen LogP contribution in [0.1, 0.15) is 35.6 Å². The third-order valence-electron chi connectivity index (χ3n) is 5.94. The van der Waals surface area contributed by atoms with Crippen LogP contribution in [0.5, 0.6) is 0 Å². The maximum absolute atomic E-state index is 13.3. The van der Waals surface area contributed by atoms with Crippen LogP contribution in [-0.2, 0) is 13.1 Å². The van der Waals surface area contributed by atoms with Crippen molar-refractivity contribution in [3.8, 4) is 0 Å². The summed E-state index contributed by atoms with van der Waals surface area (Å²) >= 11 is 0. The van der Waals surface area contributed by atoms with Crippen molar-refractivity contribution < 1.29 is 4.79 Å². The number of carbonyl (C=O) groups is 1. The molecule has 30 heavy (non-hydrogen) atoms. The Morgan fingerprint density at radius 1 is 1.10 bits per heavy atom. The SMILES string of the molecule is CC1NNC(C)C1CNCc1c(C(=O)N(C)Cc2ccccc2)nc2ccccn12. The summed E-state index contributed by atoms with van der Waals surface area (Å²) < 4.78 is 2.01. The van der Waals surface area contributed by atoms with Gasteiger partial charge in [0.2, 0.25) is 0 Å². The minimum atomic E-state index is -0.0645. The topological polar surface area (TPSA) is 73.7 Å². The smallest absolute Gasteiger partial charge is 0.274 e. The van der Waals surface area contributed by atoms with Crippen molar-refractivity contribution in [2.75, 3.05) is 13.6 Å². The molecule has 158 valence electrons. The Balaban J connectivity index is 1.53. The number of hydrazine groups is 1. The fourth-order valence-electron chi connectivity index (χ4n) is 4.12. The van der Waals surface area contributed by atoms with Gasteiger partial charge in [0.15, 0.2) is 5.69 Å². The number of hydrogen-bond donors (Lipinski definition) is 3. The van der Waals surface area contributed by atoms with E-state index in [0.29, 0.717) is 36.8 Å². The van der Waals surface area contributed by atoms with Crippen LogP contribution < -0.4 is 16.2 Å². The first-order chi connectivity index (χ1) is 14.5. The number of fused-ring (bicyclic) bond motifs is 1. The number of nitrogens with zero attached hydrogens (tertiary/aromatic N) is 3. The van der Waals surface area contributed by atoms with Crippen LogP contribution in [0.25, 0.3) is 5.65 Å². The van der Waals surface area contributed by atoms with Crippen molar-refractivity contribution in [2.24, 2.45) is 5.92 Å². The van der Waals surface area contributed by atoms with Gasteiger partial charge in [-0.15, -0.1) is 0 Å². The fraction of sp³-hybridized carbons (Fsp3) is 0.391. The van der Waals surface area contributed by atoms with Crippen LogP contribution in [0.3, 0.4) is 0 Å². The molecule has 0 aliphatic carbocycles. The third kappa shape index (κ3) is 4.23. The van der Waals surface area contributed by atoms with Crippen LogP contribution in [0.2, 0.25) is 0 Å². The molecule has 1 fully saturated rings. The highest BCUT2D eigenvalue weighted by molar-refractivity contribution is 5.94. The lowest BCUT2D eigenvalue weighted by Crippen LogP contribution is -2.34. The minimum absolute atomic E-state index is 0.0645. The summed E-state index contributed by atoms with van der Waals surface area (Å²) in [7, 11) is 1.83. The normalized spacial score (nSPS) is 21.2. The molecular weight excluding hydrogens is 376 g/mol. The van der Waals surface area contributed by atoms with E-state index in [9.17, 15) is 4.79 Å². The molecule has 2 atom stereocenters. The first-order valence-corrected chi connectivity index (χ1v) is 10.5. The molecule has 1 saturated heterocycles. The number of rotatable bonds is 7. The number of carbonyl (C=O) groups excluding carboxylic acids is 1. The Morgan fingerprint density at radius 3 is 2.53 bits per heavy atom. The summed E-state index contributed by atoms with van der Waals surface area (Å²) in [6.07, 6.45) is 1.97. The number of aromatic nitrogens is 2. The van der Waals surface area contributed by atoms with Gasteiger partial charge in [0.25, 0.3) is 5.91 Å². The average Bonchev–Trinajstić information content (AvgIpc) is 3.28. The summed E-state index contributed by atoms with van der Waals surface area (Å²) in [5.74, 6) is 0.411. The molecule has 1 aliphatic rings. The van der Waals surface area contributed by atoms with Crippen molar-refractivity contribution in [3.05, 3.63) is 71.7 Å². The summed E-state index contributed by atoms with van der Waals surface area (Å²) in [6.45, 7) is 6.36. The van der Waals surface area contributed by atoms with Gasteiger partial charge in [0, 0.05) is 50.9 Å². The van der Waals surface area contributed by atoms with Gasteiger partial charge in [0.1, 0.15) is 5.65 Å². The maximum atomic E-state index is 13.3. The van der Waals surface area contributed by atoms with E-state index in [4.69, 9.17) is 0 Å². The molecule has 3 N–H and O–H groups in total. The second kappa shape index (κ2) is 8.95. The van der Waals surface area contributed by atoms with Crippen molar-refractivity contribution in [2.45, 2.75) is 39.0 Å². The summed E-state index contributed by atoms with van der Waals surface area (Å²) in [5, 5.41) is 3.56. The van der Waals surface area contributed by atoms with E-state index >= 15 is 0 Å². The second-order valence-corrected chi connectivity index (χ2v) is 8.14. The molecule has 2 aromatic heterocycles. The predicted octanol–water partition coefficient (Wildman–Crippen LogP) is 2.20. The molecule has 0 saturated carbocycles. The monoisotopic (exact) mass is 406 g/mol. The standard InChI is InChI=1S/C23H30N6O/c1-16-19(17(2)27-26-16)13-24-14-20-22(25-21-11-7-8-12-29(20)21)23(30)28(3)15-18-9-5-4-6-10-18/h4-12,16-17,19,24,26-27H,13-15H2,1-3H3. The predicted molar refractivity (Wildman–Crippen MR) is 118 cm³/mol. The van der Waals surface area contributed by atoms with Gasteiger partial charge >= 0.3 is 0 Å². The van der Waals surface area contributed by atoms with Gasteiger partial charge in [0.05, 0.1) is 5.69 Å². The van der Waals surface area contributed by atoms with E-state index in [-0.39, 0.29) is 5.91 Å². The van der Waals surface area contributed by atoms with E-state index in [1.165, 1.54) is 0 Å². The van der Waals surface area contributed by atoms with Crippen molar-refractivity contribution in [3.63, 3.8) is 0 Å². The first-order valence-electron chi connectivity index (χ1n) is 10.5. The zero-order valence-electron chi connectivity index (χ0n) is 17.8. The molecule has 2 unspecified atom stereocenters. The Bertz CT molecular complexity index is 991. The number of hydrogen-bond acceptors (Lipinski definition) is 5. The molecule has 3 heterocycles. The first kappa shape index (κ1) is 20.5. The Hall–Kier alpha value is -2.74. The molecule has 0 radical (unpaired) electrons. The lowest BCUT2D eigenvalue weighted by molar-refractivity contribution is 0.0778. The summed E-state index contributed by atoms with van der Waals surface area (Å²) in [4.78, 5) is 19.7. The van der Waals surface area contributed by atoms with Crippen molar-refractivity contribution in [1.29, 1.82) is 0 Å². The Kier molecular flexibility index (Phi) is 6.13. The van der Waals surface area contributed by atoms with E-state index in [0.717, 1.165) is 23.4 Å². The van der Waals surface area contributed by atoms with Crippen LogP contribution in [0.4, 0.5) is 0 Å². The van der Waals surface area contributed by atoms with Crippen LogP contribution in [0, 0.1) is 5.92 Å². The lowest BCUT2D eigenvalue weighted by Gasteiger charge is -2.19. The number of pyridine rings is 1. The molecule has 7 heteroatoms. The van der Waals surface area contributed by atoms with Crippen molar-refractivity contribution >= 4 is 11.6 Å². The molecule has 4 rings (SSSR count). The molecule has 1 amide bonds.